The molecule has 1 aromatic heterocycles. The predicted molar refractivity (Wildman–Crippen MR) is 125 cm³/mol. The van der Waals surface area contributed by atoms with E-state index in [0.29, 0.717) is 43.7 Å². The van der Waals surface area contributed by atoms with Crippen LogP contribution in [0.15, 0.2) is 48.7 Å². The van der Waals surface area contributed by atoms with Crippen molar-refractivity contribution < 1.29 is 45.8 Å². The van der Waals surface area contributed by atoms with Crippen LogP contribution in [-0.2, 0) is 15.8 Å². The molecule has 39 heavy (non-hydrogen) atoms. The minimum absolute atomic E-state index is 0.130. The minimum Gasteiger partial charge on any atom is -0.475 e. The maximum atomic E-state index is 12.9. The number of fused-ring (bicyclic) bond motifs is 1. The van der Waals surface area contributed by atoms with Crippen LogP contribution in [-0.4, -0.2) is 75.2 Å². The first-order chi connectivity index (χ1) is 18.2. The summed E-state index contributed by atoms with van der Waals surface area (Å²) in [4.78, 5) is 38.0. The smallest absolute Gasteiger partial charge is 0.475 e. The van der Waals surface area contributed by atoms with Gasteiger partial charge in [0, 0.05) is 37.1 Å². The normalized spacial score (nSPS) is 15.3. The van der Waals surface area contributed by atoms with Gasteiger partial charge >= 0.3 is 18.3 Å². The lowest BCUT2D eigenvalue weighted by Gasteiger charge is -2.25. The van der Waals surface area contributed by atoms with Gasteiger partial charge in [0.15, 0.2) is 0 Å². The van der Waals surface area contributed by atoms with Gasteiger partial charge in [0.2, 0.25) is 5.91 Å². The number of hydrogen-bond donors (Lipinski definition) is 3. The number of halogens is 6. The van der Waals surface area contributed by atoms with Crippen LogP contribution in [0.4, 0.5) is 26.3 Å². The average Bonchev–Trinajstić information content (AvgIpc) is 3.21. The maximum absolute atomic E-state index is 12.9. The molecular formula is C24H23F6N5O4. The molecule has 2 heterocycles. The number of carboxylic acid groups (broad SMARTS) is 1. The van der Waals surface area contributed by atoms with Crippen molar-refractivity contribution >= 4 is 28.7 Å². The van der Waals surface area contributed by atoms with Crippen LogP contribution >= 0.6 is 0 Å². The molecular weight excluding hydrogens is 536 g/mol. The second kappa shape index (κ2) is 11.7. The number of carbonyl (C=O) groups is 3. The number of aromatic amines is 1. The highest BCUT2D eigenvalue weighted by Gasteiger charge is 2.38. The standard InChI is InChI=1S/C22H22F3N5O2.C2HF3O2/c23-22(24,25)17-5-2-14(3-6-17)19(26)21(32)30-9-1-8-29(10-11-30)20(31)15-4-7-18-16(12-15)13-27-28-18;3-2(4,5)1(6)7/h2-7,12-13,19H,1,8-11,26H2,(H,27,28);(H,6,7). The molecule has 0 saturated carbocycles. The number of aliphatic carboxylic acids is 1. The molecule has 3 aromatic rings. The van der Waals surface area contributed by atoms with Gasteiger partial charge in [0.25, 0.3) is 5.91 Å². The molecule has 1 atom stereocenters. The molecule has 0 spiro atoms. The summed E-state index contributed by atoms with van der Waals surface area (Å²) in [5.74, 6) is -3.26. The van der Waals surface area contributed by atoms with E-state index < -0.39 is 29.9 Å². The molecule has 9 nitrogen and oxygen atoms in total. The summed E-state index contributed by atoms with van der Waals surface area (Å²) in [7, 11) is 0. The van der Waals surface area contributed by atoms with Gasteiger partial charge < -0.3 is 20.6 Å². The minimum atomic E-state index is -5.08. The molecule has 15 heteroatoms. The Morgan fingerprint density at radius 2 is 1.51 bits per heavy atom. The Hall–Kier alpha value is -4.14. The fourth-order valence-corrected chi connectivity index (χ4v) is 3.82. The molecule has 1 fully saturated rings. The Labute approximate surface area is 217 Å². The molecule has 210 valence electrons. The summed E-state index contributed by atoms with van der Waals surface area (Å²) in [6, 6.07) is 8.53. The quantitative estimate of drug-likeness (QED) is 0.421. The molecule has 0 radical (unpaired) electrons. The number of nitrogens with one attached hydrogen (secondary N) is 1. The first-order valence-electron chi connectivity index (χ1n) is 11.4. The van der Waals surface area contributed by atoms with E-state index in [0.717, 1.165) is 23.0 Å². The zero-order chi connectivity index (χ0) is 29.0. The van der Waals surface area contributed by atoms with Gasteiger partial charge in [-0.3, -0.25) is 14.7 Å². The van der Waals surface area contributed by atoms with E-state index in [9.17, 15) is 35.9 Å². The van der Waals surface area contributed by atoms with Crippen molar-refractivity contribution in [3.63, 3.8) is 0 Å². The first-order valence-corrected chi connectivity index (χ1v) is 11.4. The van der Waals surface area contributed by atoms with Crippen LogP contribution in [0.5, 0.6) is 0 Å². The van der Waals surface area contributed by atoms with E-state index in [1.807, 2.05) is 0 Å². The maximum Gasteiger partial charge on any atom is 0.490 e. The van der Waals surface area contributed by atoms with Gasteiger partial charge in [-0.2, -0.15) is 31.4 Å². The third kappa shape index (κ3) is 7.46. The number of alkyl halides is 6. The van der Waals surface area contributed by atoms with Crippen molar-refractivity contribution in [2.24, 2.45) is 5.73 Å². The van der Waals surface area contributed by atoms with Crippen molar-refractivity contribution in [3.05, 3.63) is 65.4 Å². The Morgan fingerprint density at radius 1 is 0.923 bits per heavy atom. The molecule has 0 aliphatic carbocycles. The zero-order valence-electron chi connectivity index (χ0n) is 20.1. The summed E-state index contributed by atoms with van der Waals surface area (Å²) in [6.07, 6.45) is -7.31. The molecule has 1 unspecified atom stereocenters. The van der Waals surface area contributed by atoms with E-state index in [4.69, 9.17) is 15.6 Å². The number of carboxylic acids is 1. The number of amides is 2. The van der Waals surface area contributed by atoms with Crippen molar-refractivity contribution in [1.82, 2.24) is 20.0 Å². The summed E-state index contributed by atoms with van der Waals surface area (Å²) >= 11 is 0. The molecule has 1 aliphatic heterocycles. The highest BCUT2D eigenvalue weighted by molar-refractivity contribution is 5.98. The summed E-state index contributed by atoms with van der Waals surface area (Å²) < 4.78 is 70.0. The van der Waals surface area contributed by atoms with Crippen LogP contribution < -0.4 is 5.73 Å². The van der Waals surface area contributed by atoms with Gasteiger partial charge in [-0.05, 0) is 42.3 Å². The van der Waals surface area contributed by atoms with Gasteiger partial charge in [0.05, 0.1) is 17.3 Å². The molecule has 4 rings (SSSR count). The second-order valence-corrected chi connectivity index (χ2v) is 8.54. The SMILES string of the molecule is NC(C(=O)N1CCCN(C(=O)c2ccc3[nH]ncc3c2)CC1)c1ccc(C(F)(F)F)cc1.O=C(O)C(F)(F)F. The fourth-order valence-electron chi connectivity index (χ4n) is 3.82. The molecule has 2 amide bonds. The van der Waals surface area contributed by atoms with E-state index in [2.05, 4.69) is 10.2 Å². The number of rotatable bonds is 3. The van der Waals surface area contributed by atoms with Crippen LogP contribution in [0.25, 0.3) is 10.9 Å². The van der Waals surface area contributed by atoms with Crippen molar-refractivity contribution in [1.29, 1.82) is 0 Å². The Morgan fingerprint density at radius 3 is 2.10 bits per heavy atom. The molecule has 0 bridgehead atoms. The topological polar surface area (TPSA) is 133 Å². The number of carbonyl (C=O) groups excluding carboxylic acids is 2. The largest absolute Gasteiger partial charge is 0.490 e. The number of benzene rings is 2. The van der Waals surface area contributed by atoms with E-state index >= 15 is 0 Å². The van der Waals surface area contributed by atoms with Crippen molar-refractivity contribution in [2.75, 3.05) is 26.2 Å². The van der Waals surface area contributed by atoms with Crippen molar-refractivity contribution in [2.45, 2.75) is 24.8 Å². The Bertz CT molecular complexity index is 1320. The van der Waals surface area contributed by atoms with Gasteiger partial charge in [-0.25, -0.2) is 4.79 Å². The highest BCUT2D eigenvalue weighted by atomic mass is 19.4. The van der Waals surface area contributed by atoms with Crippen LogP contribution in [0.2, 0.25) is 0 Å². The molecule has 4 N–H and O–H groups in total. The second-order valence-electron chi connectivity index (χ2n) is 8.54. The summed E-state index contributed by atoms with van der Waals surface area (Å²) in [5.41, 5.74) is 6.95. The van der Waals surface area contributed by atoms with E-state index in [1.165, 1.54) is 12.1 Å². The fraction of sp³-hybridized carbons (Fsp3) is 0.333. The molecule has 1 aliphatic rings. The monoisotopic (exact) mass is 559 g/mol. The summed E-state index contributed by atoms with van der Waals surface area (Å²) in [6.45, 7) is 1.54. The lowest BCUT2D eigenvalue weighted by molar-refractivity contribution is -0.192. The lowest BCUT2D eigenvalue weighted by atomic mass is 10.0. The van der Waals surface area contributed by atoms with Crippen LogP contribution in [0.1, 0.15) is 33.9 Å². The molecule has 2 aromatic carbocycles. The lowest BCUT2D eigenvalue weighted by Crippen LogP contribution is -2.41. The van der Waals surface area contributed by atoms with Gasteiger partial charge in [-0.15, -0.1) is 0 Å². The Balaban J connectivity index is 0.000000532. The third-order valence-corrected chi connectivity index (χ3v) is 5.89. The number of aromatic nitrogens is 2. The number of nitrogens with two attached hydrogens (primary N) is 1. The first kappa shape index (κ1) is 29.4. The zero-order valence-corrected chi connectivity index (χ0v) is 20.1. The van der Waals surface area contributed by atoms with E-state index in [1.54, 1.807) is 34.2 Å². The van der Waals surface area contributed by atoms with Crippen LogP contribution in [0.3, 0.4) is 0 Å². The highest BCUT2D eigenvalue weighted by Crippen LogP contribution is 2.30. The Kier molecular flexibility index (Phi) is 8.84. The summed E-state index contributed by atoms with van der Waals surface area (Å²) in [5, 5.41) is 14.8. The van der Waals surface area contributed by atoms with Gasteiger partial charge in [0.1, 0.15) is 6.04 Å². The van der Waals surface area contributed by atoms with E-state index in [-0.39, 0.29) is 11.8 Å². The molecule has 1 saturated heterocycles. The third-order valence-electron chi connectivity index (χ3n) is 5.89. The van der Waals surface area contributed by atoms with Crippen molar-refractivity contribution in [3.8, 4) is 0 Å². The number of nitrogens with zero attached hydrogens (tertiary/aromatic N) is 3. The predicted octanol–water partition coefficient (Wildman–Crippen LogP) is 3.59. The number of H-pyrrole nitrogens is 1. The number of hydrogen-bond acceptors (Lipinski definition) is 5. The van der Waals surface area contributed by atoms with Gasteiger partial charge in [-0.1, -0.05) is 12.1 Å². The van der Waals surface area contributed by atoms with Crippen LogP contribution in [0, 0.1) is 0 Å². The average molecular weight is 559 g/mol.